The average Bonchev–Trinajstić information content (AvgIpc) is 3.32. The second kappa shape index (κ2) is 15.2. The third kappa shape index (κ3) is 7.98. The van der Waals surface area contributed by atoms with Crippen molar-refractivity contribution in [3.05, 3.63) is 126 Å². The van der Waals surface area contributed by atoms with E-state index in [-0.39, 0.29) is 35.5 Å². The molecule has 0 spiro atoms. The highest BCUT2D eigenvalue weighted by atomic mass is 35.5. The Bertz CT molecular complexity index is 1780. The second-order valence-corrected chi connectivity index (χ2v) is 12.5. The molecule has 44 heavy (non-hydrogen) atoms. The van der Waals surface area contributed by atoms with Gasteiger partial charge in [-0.25, -0.2) is 13.4 Å². The smallest absolute Gasteiger partial charge is 0.264 e. The van der Waals surface area contributed by atoms with Crippen LogP contribution in [0.1, 0.15) is 28.9 Å². The molecule has 4 aromatic carbocycles. The molecule has 5 rings (SSSR count). The Morgan fingerprint density at radius 1 is 0.841 bits per heavy atom. The van der Waals surface area contributed by atoms with Gasteiger partial charge in [-0.15, -0.1) is 24.8 Å². The first kappa shape index (κ1) is 34.6. The largest absolute Gasteiger partial charge is 0.384 e. The van der Waals surface area contributed by atoms with Gasteiger partial charge < -0.3 is 15.2 Å². The van der Waals surface area contributed by atoms with E-state index < -0.39 is 10.0 Å². The molecule has 0 fully saturated rings. The van der Waals surface area contributed by atoms with E-state index in [0.29, 0.717) is 37.2 Å². The predicted octanol–water partition coefficient (Wildman–Crippen LogP) is 5.95. The Kier molecular flexibility index (Phi) is 12.0. The summed E-state index contributed by atoms with van der Waals surface area (Å²) in [6.07, 6.45) is 1.25. The normalized spacial score (nSPS) is 11.2. The van der Waals surface area contributed by atoms with Crippen molar-refractivity contribution in [2.45, 2.75) is 24.3 Å². The maximum Gasteiger partial charge on any atom is 0.264 e. The molecule has 232 valence electrons. The first-order chi connectivity index (χ1) is 20.2. The lowest BCUT2D eigenvalue weighted by Gasteiger charge is -2.25. The summed E-state index contributed by atoms with van der Waals surface area (Å²) in [6, 6.07) is 32.2. The van der Waals surface area contributed by atoms with Crippen molar-refractivity contribution >= 4 is 57.4 Å². The van der Waals surface area contributed by atoms with E-state index in [1.807, 2.05) is 80.8 Å². The third-order valence-electron chi connectivity index (χ3n) is 7.21. The fourth-order valence-electron chi connectivity index (χ4n) is 5.02. The third-order valence-corrected chi connectivity index (χ3v) is 9.05. The Hall–Kier alpha value is -3.89. The average molecular weight is 654 g/mol. The van der Waals surface area contributed by atoms with Crippen molar-refractivity contribution in [2.75, 3.05) is 31.5 Å². The standard InChI is InChI=1S/C33H36N6O2S.2ClH/c1-37(2)20-9-21-39(42(40,41)29-12-7-4-8-13-29)28-18-19-31-30(23-28)36-32(38(31)24-26-10-5-3-6-11-26)22-25-14-16-27(17-15-25)33(34)35;;/h3-8,10-19,23H,9,20-22,24H2,1-2H3,(H3,34,35);2*1H. The highest BCUT2D eigenvalue weighted by Gasteiger charge is 2.25. The number of rotatable bonds is 12. The molecule has 0 aliphatic rings. The van der Waals surface area contributed by atoms with Crippen LogP contribution in [0.25, 0.3) is 11.0 Å². The number of nitrogens with zero attached hydrogens (tertiary/aromatic N) is 4. The Balaban J connectivity index is 0.00000264. The molecular formula is C33H38Cl2N6O2S. The van der Waals surface area contributed by atoms with E-state index in [4.69, 9.17) is 16.1 Å². The van der Waals surface area contributed by atoms with Crippen molar-refractivity contribution in [2.24, 2.45) is 5.73 Å². The van der Waals surface area contributed by atoms with Gasteiger partial charge in [-0.2, -0.15) is 0 Å². The maximum atomic E-state index is 13.8. The molecule has 0 aliphatic heterocycles. The number of sulfonamides is 1. The van der Waals surface area contributed by atoms with Gasteiger partial charge in [-0.05, 0) is 68.5 Å². The summed E-state index contributed by atoms with van der Waals surface area (Å²) in [5, 5.41) is 7.69. The number of hydrogen-bond acceptors (Lipinski definition) is 5. The summed E-state index contributed by atoms with van der Waals surface area (Å²) in [5.41, 5.74) is 10.8. The quantitative estimate of drug-likeness (QED) is 0.128. The van der Waals surface area contributed by atoms with Crippen molar-refractivity contribution in [3.8, 4) is 0 Å². The van der Waals surface area contributed by atoms with Crippen LogP contribution in [-0.2, 0) is 23.0 Å². The summed E-state index contributed by atoms with van der Waals surface area (Å²) in [5.74, 6) is 0.901. The van der Waals surface area contributed by atoms with Gasteiger partial charge in [0.15, 0.2) is 0 Å². The molecule has 0 saturated carbocycles. The van der Waals surface area contributed by atoms with Crippen LogP contribution in [0.15, 0.2) is 108 Å². The second-order valence-electron chi connectivity index (χ2n) is 10.6. The molecule has 0 unspecified atom stereocenters. The summed E-state index contributed by atoms with van der Waals surface area (Å²) < 4.78 is 31.4. The number of imidazole rings is 1. The number of nitrogen functional groups attached to an aromatic ring is 1. The van der Waals surface area contributed by atoms with Gasteiger partial charge >= 0.3 is 0 Å². The van der Waals surface area contributed by atoms with E-state index in [0.717, 1.165) is 34.5 Å². The Morgan fingerprint density at radius 2 is 1.48 bits per heavy atom. The number of hydrogen-bond donors (Lipinski definition) is 2. The molecule has 5 aromatic rings. The lowest BCUT2D eigenvalue weighted by molar-refractivity contribution is 0.403. The molecule has 0 amide bonds. The van der Waals surface area contributed by atoms with Gasteiger partial charge in [0, 0.05) is 25.1 Å². The fourth-order valence-corrected chi connectivity index (χ4v) is 6.54. The maximum absolute atomic E-state index is 13.8. The minimum atomic E-state index is -3.78. The van der Waals surface area contributed by atoms with Crippen LogP contribution < -0.4 is 10.0 Å². The zero-order valence-electron chi connectivity index (χ0n) is 24.8. The molecule has 3 N–H and O–H groups in total. The van der Waals surface area contributed by atoms with Crippen molar-refractivity contribution in [1.82, 2.24) is 14.5 Å². The van der Waals surface area contributed by atoms with Crippen molar-refractivity contribution in [3.63, 3.8) is 0 Å². The highest BCUT2D eigenvalue weighted by molar-refractivity contribution is 7.92. The van der Waals surface area contributed by atoms with E-state index in [1.165, 1.54) is 4.31 Å². The fraction of sp³-hybridized carbons (Fsp3) is 0.212. The van der Waals surface area contributed by atoms with E-state index >= 15 is 0 Å². The molecule has 0 atom stereocenters. The summed E-state index contributed by atoms with van der Waals surface area (Å²) in [4.78, 5) is 7.35. The van der Waals surface area contributed by atoms with Crippen LogP contribution in [-0.4, -0.2) is 55.9 Å². The van der Waals surface area contributed by atoms with Gasteiger partial charge in [0.1, 0.15) is 11.7 Å². The van der Waals surface area contributed by atoms with Crippen LogP contribution in [0.4, 0.5) is 5.69 Å². The lowest BCUT2D eigenvalue weighted by atomic mass is 10.1. The summed E-state index contributed by atoms with van der Waals surface area (Å²) in [6.45, 7) is 1.74. The van der Waals surface area contributed by atoms with E-state index in [1.54, 1.807) is 24.3 Å². The van der Waals surface area contributed by atoms with Crippen LogP contribution in [0.3, 0.4) is 0 Å². The van der Waals surface area contributed by atoms with Gasteiger partial charge in [0.05, 0.1) is 21.6 Å². The van der Waals surface area contributed by atoms with Crippen molar-refractivity contribution in [1.29, 1.82) is 5.41 Å². The van der Waals surface area contributed by atoms with Crippen LogP contribution in [0.5, 0.6) is 0 Å². The Labute approximate surface area is 271 Å². The topological polar surface area (TPSA) is 108 Å². The molecular weight excluding hydrogens is 615 g/mol. The number of anilines is 1. The number of benzene rings is 4. The number of halogens is 2. The number of nitrogens with one attached hydrogen (secondary N) is 1. The number of amidine groups is 1. The van der Waals surface area contributed by atoms with Crippen molar-refractivity contribution < 1.29 is 8.42 Å². The predicted molar refractivity (Wildman–Crippen MR) is 184 cm³/mol. The van der Waals surface area contributed by atoms with Crippen LogP contribution in [0, 0.1) is 5.41 Å². The molecule has 0 radical (unpaired) electrons. The van der Waals surface area contributed by atoms with Crippen LogP contribution >= 0.6 is 24.8 Å². The Morgan fingerprint density at radius 3 is 2.09 bits per heavy atom. The first-order valence-electron chi connectivity index (χ1n) is 13.9. The molecule has 0 aliphatic carbocycles. The summed E-state index contributed by atoms with van der Waals surface area (Å²) in [7, 11) is 0.186. The molecule has 0 bridgehead atoms. The number of aromatic nitrogens is 2. The summed E-state index contributed by atoms with van der Waals surface area (Å²) >= 11 is 0. The molecule has 8 nitrogen and oxygen atoms in total. The molecule has 1 aromatic heterocycles. The zero-order chi connectivity index (χ0) is 29.7. The number of nitrogens with two attached hydrogens (primary N) is 1. The van der Waals surface area contributed by atoms with Gasteiger partial charge in [0.25, 0.3) is 10.0 Å². The van der Waals surface area contributed by atoms with Gasteiger partial charge in [-0.1, -0.05) is 72.8 Å². The SMILES string of the molecule is CN(C)CCCN(c1ccc2c(c1)nc(Cc1ccc(C(=N)N)cc1)n2Cc1ccccc1)S(=O)(=O)c1ccccc1.Cl.Cl. The van der Waals surface area contributed by atoms with E-state index in [2.05, 4.69) is 21.6 Å². The minimum Gasteiger partial charge on any atom is -0.384 e. The van der Waals surface area contributed by atoms with Crippen LogP contribution in [0.2, 0.25) is 0 Å². The number of fused-ring (bicyclic) bond motifs is 1. The minimum absolute atomic E-state index is 0. The van der Waals surface area contributed by atoms with Gasteiger partial charge in [0.2, 0.25) is 0 Å². The highest BCUT2D eigenvalue weighted by Crippen LogP contribution is 2.29. The van der Waals surface area contributed by atoms with E-state index in [9.17, 15) is 8.42 Å². The molecule has 11 heteroatoms. The first-order valence-corrected chi connectivity index (χ1v) is 15.4. The zero-order valence-corrected chi connectivity index (χ0v) is 27.2. The molecule has 1 heterocycles. The lowest BCUT2D eigenvalue weighted by Crippen LogP contribution is -2.33. The van der Waals surface area contributed by atoms with Gasteiger partial charge in [-0.3, -0.25) is 9.71 Å². The monoisotopic (exact) mass is 652 g/mol. The molecule has 0 saturated heterocycles.